The molecule has 2 aromatic rings. The summed E-state index contributed by atoms with van der Waals surface area (Å²) < 4.78 is 32.5. The highest BCUT2D eigenvalue weighted by molar-refractivity contribution is 7.92. The number of amides is 1. The highest BCUT2D eigenvalue weighted by Crippen LogP contribution is 2.20. The normalized spacial score (nSPS) is 11.0. The van der Waals surface area contributed by atoms with Gasteiger partial charge < -0.3 is 10.1 Å². The van der Waals surface area contributed by atoms with Crippen LogP contribution in [0.2, 0.25) is 0 Å². The lowest BCUT2D eigenvalue weighted by Crippen LogP contribution is -2.24. The molecule has 26 heavy (non-hydrogen) atoms. The van der Waals surface area contributed by atoms with E-state index in [9.17, 15) is 13.2 Å². The molecule has 140 valence electrons. The fourth-order valence-corrected chi connectivity index (χ4v) is 3.41. The largest absolute Gasteiger partial charge is 0.497 e. The smallest absolute Gasteiger partial charge is 0.261 e. The van der Waals surface area contributed by atoms with Crippen molar-refractivity contribution in [2.75, 3.05) is 18.4 Å². The van der Waals surface area contributed by atoms with Crippen LogP contribution in [0.15, 0.2) is 53.4 Å². The fraction of sp³-hybridized carbons (Fsp3) is 0.316. The summed E-state index contributed by atoms with van der Waals surface area (Å²) in [5.41, 5.74) is 0.837. The van der Waals surface area contributed by atoms with Gasteiger partial charge in [0.05, 0.1) is 17.7 Å². The fourth-order valence-electron chi connectivity index (χ4n) is 2.37. The molecule has 2 rings (SSSR count). The monoisotopic (exact) mass is 376 g/mol. The summed E-state index contributed by atoms with van der Waals surface area (Å²) in [6.07, 6.45) is 3.08. The minimum atomic E-state index is -3.74. The Balaban J connectivity index is 2.04. The molecular weight excluding hydrogens is 352 g/mol. The zero-order valence-corrected chi connectivity index (χ0v) is 15.8. The quantitative estimate of drug-likeness (QED) is 0.657. The van der Waals surface area contributed by atoms with Crippen LogP contribution in [0.3, 0.4) is 0 Å². The van der Waals surface area contributed by atoms with E-state index in [-0.39, 0.29) is 10.8 Å². The van der Waals surface area contributed by atoms with Gasteiger partial charge in [-0.3, -0.25) is 9.52 Å². The second-order valence-electron chi connectivity index (χ2n) is 5.82. The first-order valence-electron chi connectivity index (χ1n) is 8.51. The molecule has 0 atom stereocenters. The molecule has 0 unspecified atom stereocenters. The van der Waals surface area contributed by atoms with Gasteiger partial charge in [0, 0.05) is 18.2 Å². The first kappa shape index (κ1) is 19.8. The van der Waals surface area contributed by atoms with E-state index < -0.39 is 10.0 Å². The lowest BCUT2D eigenvalue weighted by Gasteiger charge is -2.10. The van der Waals surface area contributed by atoms with Crippen molar-refractivity contribution in [2.45, 2.75) is 31.1 Å². The van der Waals surface area contributed by atoms with E-state index in [1.54, 1.807) is 24.3 Å². The van der Waals surface area contributed by atoms with E-state index >= 15 is 0 Å². The Hall–Kier alpha value is -2.54. The number of anilines is 1. The summed E-state index contributed by atoms with van der Waals surface area (Å²) in [5.74, 6) is 0.353. The Morgan fingerprint density at radius 1 is 1.08 bits per heavy atom. The molecule has 0 spiro atoms. The van der Waals surface area contributed by atoms with Crippen LogP contribution in [0.4, 0.5) is 5.69 Å². The molecule has 0 aliphatic carbocycles. The third-order valence-electron chi connectivity index (χ3n) is 3.81. The van der Waals surface area contributed by atoms with Gasteiger partial charge >= 0.3 is 0 Å². The van der Waals surface area contributed by atoms with E-state index in [1.165, 1.54) is 31.4 Å². The predicted octanol–water partition coefficient (Wildman–Crippen LogP) is 3.42. The Kier molecular flexibility index (Phi) is 7.03. The van der Waals surface area contributed by atoms with Gasteiger partial charge in [-0.05, 0) is 42.8 Å². The van der Waals surface area contributed by atoms with Crippen molar-refractivity contribution in [1.82, 2.24) is 5.32 Å². The molecule has 7 heteroatoms. The van der Waals surface area contributed by atoms with Gasteiger partial charge in [0.1, 0.15) is 5.75 Å². The molecule has 0 heterocycles. The number of carbonyl (C=O) groups is 1. The van der Waals surface area contributed by atoms with E-state index in [1.807, 2.05) is 0 Å². The number of unbranched alkanes of at least 4 members (excludes halogenated alkanes) is 2. The molecule has 0 aliphatic heterocycles. The Morgan fingerprint density at radius 2 is 1.81 bits per heavy atom. The summed E-state index contributed by atoms with van der Waals surface area (Å²) in [5, 5.41) is 2.83. The number of sulfonamides is 1. The average molecular weight is 376 g/mol. The highest BCUT2D eigenvalue weighted by atomic mass is 32.2. The molecule has 1 amide bonds. The minimum absolute atomic E-state index is 0.0860. The lowest BCUT2D eigenvalue weighted by molar-refractivity contribution is 0.0953. The van der Waals surface area contributed by atoms with Gasteiger partial charge in [-0.2, -0.15) is 0 Å². The van der Waals surface area contributed by atoms with Crippen molar-refractivity contribution in [3.63, 3.8) is 0 Å². The van der Waals surface area contributed by atoms with Gasteiger partial charge in [-0.15, -0.1) is 0 Å². The molecule has 2 N–H and O–H groups in total. The zero-order chi connectivity index (χ0) is 19.0. The van der Waals surface area contributed by atoms with Crippen molar-refractivity contribution in [1.29, 1.82) is 0 Å². The van der Waals surface area contributed by atoms with Crippen LogP contribution in [0.5, 0.6) is 5.75 Å². The predicted molar refractivity (Wildman–Crippen MR) is 102 cm³/mol. The first-order valence-corrected chi connectivity index (χ1v) is 9.99. The van der Waals surface area contributed by atoms with Crippen LogP contribution in [-0.2, 0) is 10.0 Å². The van der Waals surface area contributed by atoms with Crippen molar-refractivity contribution in [2.24, 2.45) is 0 Å². The summed E-state index contributed by atoms with van der Waals surface area (Å²) in [4.78, 5) is 12.1. The third-order valence-corrected chi connectivity index (χ3v) is 5.21. The summed E-state index contributed by atoms with van der Waals surface area (Å²) in [6.45, 7) is 2.71. The molecule has 0 fully saturated rings. The minimum Gasteiger partial charge on any atom is -0.497 e. The Morgan fingerprint density at radius 3 is 2.46 bits per heavy atom. The van der Waals surface area contributed by atoms with E-state index in [2.05, 4.69) is 17.0 Å². The van der Waals surface area contributed by atoms with Crippen LogP contribution in [0.1, 0.15) is 36.5 Å². The van der Waals surface area contributed by atoms with Crippen LogP contribution in [-0.4, -0.2) is 28.0 Å². The van der Waals surface area contributed by atoms with Crippen molar-refractivity contribution in [3.8, 4) is 5.75 Å². The Bertz CT molecular complexity index is 833. The average Bonchev–Trinajstić information content (AvgIpc) is 2.65. The number of hydrogen-bond acceptors (Lipinski definition) is 4. The lowest BCUT2D eigenvalue weighted by atomic mass is 10.2. The highest BCUT2D eigenvalue weighted by Gasteiger charge is 2.15. The zero-order valence-electron chi connectivity index (χ0n) is 15.0. The maximum absolute atomic E-state index is 12.5. The summed E-state index contributed by atoms with van der Waals surface area (Å²) >= 11 is 0. The van der Waals surface area contributed by atoms with Crippen molar-refractivity contribution in [3.05, 3.63) is 54.1 Å². The summed E-state index contributed by atoms with van der Waals surface area (Å²) in [7, 11) is -2.23. The SMILES string of the molecule is CCCCCNC(=O)c1ccc(S(=O)(=O)Nc2cccc(OC)c2)cc1. The maximum atomic E-state index is 12.5. The van der Waals surface area contributed by atoms with E-state index in [4.69, 9.17) is 4.74 Å². The van der Waals surface area contributed by atoms with Crippen LogP contribution in [0.25, 0.3) is 0 Å². The van der Waals surface area contributed by atoms with Crippen LogP contribution < -0.4 is 14.8 Å². The standard InChI is InChI=1S/C19H24N2O4S/c1-3-4-5-13-20-19(22)15-9-11-18(12-10-15)26(23,24)21-16-7-6-8-17(14-16)25-2/h6-12,14,21H,3-5,13H2,1-2H3,(H,20,22). The third kappa shape index (κ3) is 5.49. The van der Waals surface area contributed by atoms with Crippen molar-refractivity contribution >= 4 is 21.6 Å². The van der Waals surface area contributed by atoms with E-state index in [0.717, 1.165) is 19.3 Å². The number of nitrogens with one attached hydrogen (secondary N) is 2. The van der Waals surface area contributed by atoms with Gasteiger partial charge in [-0.1, -0.05) is 25.8 Å². The molecule has 0 bridgehead atoms. The number of benzene rings is 2. The number of carbonyl (C=O) groups excluding carboxylic acids is 1. The van der Waals surface area contributed by atoms with Crippen molar-refractivity contribution < 1.29 is 17.9 Å². The number of ether oxygens (including phenoxy) is 1. The Labute approximate surface area is 154 Å². The van der Waals surface area contributed by atoms with Crippen LogP contribution in [0, 0.1) is 0 Å². The van der Waals surface area contributed by atoms with Gasteiger partial charge in [0.25, 0.3) is 15.9 Å². The van der Waals surface area contributed by atoms with Gasteiger partial charge in [0.2, 0.25) is 0 Å². The topological polar surface area (TPSA) is 84.5 Å². The molecule has 0 saturated heterocycles. The molecule has 0 radical (unpaired) electrons. The molecule has 0 aliphatic rings. The number of hydrogen-bond donors (Lipinski definition) is 2. The molecule has 6 nitrogen and oxygen atoms in total. The molecule has 0 saturated carbocycles. The molecule has 0 aromatic heterocycles. The maximum Gasteiger partial charge on any atom is 0.261 e. The molecule has 2 aromatic carbocycles. The van der Waals surface area contributed by atoms with E-state index in [0.29, 0.717) is 23.5 Å². The van der Waals surface area contributed by atoms with Gasteiger partial charge in [-0.25, -0.2) is 8.42 Å². The second kappa shape index (κ2) is 9.24. The number of rotatable bonds is 9. The van der Waals surface area contributed by atoms with Crippen LogP contribution >= 0.6 is 0 Å². The van der Waals surface area contributed by atoms with Gasteiger partial charge in [0.15, 0.2) is 0 Å². The second-order valence-corrected chi connectivity index (χ2v) is 7.51. The summed E-state index contributed by atoms with van der Waals surface area (Å²) in [6, 6.07) is 12.5. The number of methoxy groups -OCH3 is 1. The first-order chi connectivity index (χ1) is 12.5. The molecular formula is C19H24N2O4S.